The third kappa shape index (κ3) is 6.26. The fraction of sp³-hybridized carbons (Fsp3) is 0.519. The number of likely N-dealkylation sites (N-methyl/N-ethyl adjacent to an activating group) is 1. The summed E-state index contributed by atoms with van der Waals surface area (Å²) >= 11 is 0. The van der Waals surface area contributed by atoms with Gasteiger partial charge in [0.2, 0.25) is 11.8 Å². The Balaban J connectivity index is 1.23. The summed E-state index contributed by atoms with van der Waals surface area (Å²) in [4.78, 5) is 36.4. The van der Waals surface area contributed by atoms with E-state index in [-0.39, 0.29) is 24.2 Å². The van der Waals surface area contributed by atoms with E-state index in [0.717, 1.165) is 49.7 Å². The van der Waals surface area contributed by atoms with Crippen LogP contribution in [0.1, 0.15) is 24.5 Å². The number of rotatable bonds is 10. The highest BCUT2D eigenvalue weighted by Gasteiger charge is 2.33. The summed E-state index contributed by atoms with van der Waals surface area (Å²) in [5.41, 5.74) is 2.01. The lowest BCUT2D eigenvalue weighted by molar-refractivity contribution is -0.129. The maximum Gasteiger partial charge on any atom is 0.225 e. The van der Waals surface area contributed by atoms with Gasteiger partial charge in [0.15, 0.2) is 11.5 Å². The second kappa shape index (κ2) is 12.1. The molecule has 2 saturated heterocycles. The third-order valence-electron chi connectivity index (χ3n) is 7.12. The monoisotopic (exact) mass is 495 g/mol. The first-order chi connectivity index (χ1) is 17.5. The van der Waals surface area contributed by atoms with E-state index in [1.165, 1.54) is 0 Å². The van der Waals surface area contributed by atoms with Crippen molar-refractivity contribution in [2.24, 2.45) is 5.92 Å². The van der Waals surface area contributed by atoms with Crippen molar-refractivity contribution >= 4 is 17.6 Å². The molecule has 0 saturated carbocycles. The average Bonchev–Trinajstić information content (AvgIpc) is 3.31. The van der Waals surface area contributed by atoms with Gasteiger partial charge in [-0.3, -0.25) is 9.59 Å². The fourth-order valence-electron chi connectivity index (χ4n) is 4.80. The van der Waals surface area contributed by atoms with E-state index in [9.17, 15) is 9.59 Å². The second-order valence-electron chi connectivity index (χ2n) is 9.34. The third-order valence-corrected chi connectivity index (χ3v) is 7.12. The lowest BCUT2D eigenvalue weighted by Gasteiger charge is -2.34. The molecule has 194 valence electrons. The smallest absolute Gasteiger partial charge is 0.225 e. The molecule has 1 aromatic heterocycles. The number of carbonyl (C=O) groups excluding carboxylic acids is 2. The number of hydrogen-bond donors (Lipinski definition) is 1. The second-order valence-corrected chi connectivity index (χ2v) is 9.34. The Morgan fingerprint density at radius 1 is 1.06 bits per heavy atom. The van der Waals surface area contributed by atoms with E-state index in [1.54, 1.807) is 19.1 Å². The molecule has 1 aromatic carbocycles. The van der Waals surface area contributed by atoms with Crippen LogP contribution in [0.2, 0.25) is 0 Å². The molecule has 2 aromatic rings. The predicted molar refractivity (Wildman–Crippen MR) is 138 cm³/mol. The van der Waals surface area contributed by atoms with Gasteiger partial charge in [-0.2, -0.15) is 0 Å². The van der Waals surface area contributed by atoms with Crippen LogP contribution in [-0.2, 0) is 22.6 Å². The maximum absolute atomic E-state index is 12.8. The molecule has 0 aliphatic carbocycles. The standard InChI is InChI=1S/C27H37N5O4/c1-4-30-11-13-31(14-12-30)25-8-6-21(17-28-25)18-29-27(34)22-16-26(33)32(19-22)10-9-20-5-7-23(35-2)24(15-20)36-3/h5-8,15,17,22H,4,9-14,16,18-19H2,1-3H3,(H,29,34). The summed E-state index contributed by atoms with van der Waals surface area (Å²) in [6, 6.07) is 9.80. The van der Waals surface area contributed by atoms with Gasteiger partial charge in [0, 0.05) is 58.4 Å². The lowest BCUT2D eigenvalue weighted by atomic mass is 10.1. The molecule has 2 aliphatic heterocycles. The van der Waals surface area contributed by atoms with Crippen molar-refractivity contribution < 1.29 is 19.1 Å². The first-order valence-corrected chi connectivity index (χ1v) is 12.7. The molecule has 9 nitrogen and oxygen atoms in total. The zero-order chi connectivity index (χ0) is 25.5. The Morgan fingerprint density at radius 2 is 1.81 bits per heavy atom. The molecule has 1 unspecified atom stereocenters. The first-order valence-electron chi connectivity index (χ1n) is 12.7. The molecule has 4 rings (SSSR count). The molecule has 9 heteroatoms. The number of pyridine rings is 1. The van der Waals surface area contributed by atoms with E-state index < -0.39 is 0 Å². The van der Waals surface area contributed by atoms with E-state index in [4.69, 9.17) is 9.47 Å². The van der Waals surface area contributed by atoms with Crippen LogP contribution in [0, 0.1) is 5.92 Å². The van der Waals surface area contributed by atoms with Crippen molar-refractivity contribution in [1.29, 1.82) is 0 Å². The highest BCUT2D eigenvalue weighted by molar-refractivity contribution is 5.89. The molecule has 3 heterocycles. The number of nitrogens with zero attached hydrogens (tertiary/aromatic N) is 4. The van der Waals surface area contributed by atoms with E-state index in [2.05, 4.69) is 27.0 Å². The Bertz CT molecular complexity index is 1040. The lowest BCUT2D eigenvalue weighted by Crippen LogP contribution is -2.46. The van der Waals surface area contributed by atoms with Gasteiger partial charge in [-0.25, -0.2) is 4.98 Å². The zero-order valence-electron chi connectivity index (χ0n) is 21.5. The van der Waals surface area contributed by atoms with Crippen LogP contribution in [-0.4, -0.2) is 86.6 Å². The summed E-state index contributed by atoms with van der Waals surface area (Å²) in [6.07, 6.45) is 2.77. The van der Waals surface area contributed by atoms with Crippen molar-refractivity contribution in [2.75, 3.05) is 64.9 Å². The number of aromatic nitrogens is 1. The Hall–Kier alpha value is -3.33. The molecular formula is C27H37N5O4. The minimum Gasteiger partial charge on any atom is -0.493 e. The Morgan fingerprint density at radius 3 is 2.47 bits per heavy atom. The minimum absolute atomic E-state index is 0.0183. The molecule has 1 N–H and O–H groups in total. The van der Waals surface area contributed by atoms with Crippen LogP contribution in [0.25, 0.3) is 0 Å². The molecule has 2 aliphatic rings. The number of hydrogen-bond acceptors (Lipinski definition) is 7. The molecule has 2 fully saturated rings. The minimum atomic E-state index is -0.329. The molecule has 2 amide bonds. The average molecular weight is 496 g/mol. The topological polar surface area (TPSA) is 87.2 Å². The van der Waals surface area contributed by atoms with Gasteiger partial charge in [0.05, 0.1) is 20.1 Å². The molecule has 1 atom stereocenters. The van der Waals surface area contributed by atoms with E-state index >= 15 is 0 Å². The van der Waals surface area contributed by atoms with Crippen molar-refractivity contribution in [3.05, 3.63) is 47.7 Å². The van der Waals surface area contributed by atoms with E-state index in [0.29, 0.717) is 37.6 Å². The van der Waals surface area contributed by atoms with Crippen LogP contribution >= 0.6 is 0 Å². The summed E-state index contributed by atoms with van der Waals surface area (Å²) in [5, 5.41) is 2.99. The number of ether oxygens (including phenoxy) is 2. The van der Waals surface area contributed by atoms with Crippen LogP contribution < -0.4 is 19.7 Å². The summed E-state index contributed by atoms with van der Waals surface area (Å²) in [6.45, 7) is 8.77. The van der Waals surface area contributed by atoms with Gasteiger partial charge >= 0.3 is 0 Å². The number of likely N-dealkylation sites (tertiary alicyclic amines) is 1. The van der Waals surface area contributed by atoms with Crippen LogP contribution in [0.15, 0.2) is 36.5 Å². The van der Waals surface area contributed by atoms with Gasteiger partial charge in [0.25, 0.3) is 0 Å². The van der Waals surface area contributed by atoms with Crippen molar-refractivity contribution in [3.8, 4) is 11.5 Å². The zero-order valence-corrected chi connectivity index (χ0v) is 21.5. The first kappa shape index (κ1) is 25.8. The number of piperazine rings is 1. The molecule has 0 bridgehead atoms. The number of carbonyl (C=O) groups is 2. The number of amides is 2. The van der Waals surface area contributed by atoms with Crippen molar-refractivity contribution in [3.63, 3.8) is 0 Å². The number of nitrogens with one attached hydrogen (secondary N) is 1. The number of anilines is 1. The number of benzene rings is 1. The summed E-state index contributed by atoms with van der Waals surface area (Å²) in [5.74, 6) is 1.93. The highest BCUT2D eigenvalue weighted by Crippen LogP contribution is 2.28. The fourth-order valence-corrected chi connectivity index (χ4v) is 4.80. The number of methoxy groups -OCH3 is 2. The normalized spacial score (nSPS) is 18.4. The molecular weight excluding hydrogens is 458 g/mol. The predicted octanol–water partition coefficient (Wildman–Crippen LogP) is 1.95. The summed E-state index contributed by atoms with van der Waals surface area (Å²) in [7, 11) is 3.21. The quantitative estimate of drug-likeness (QED) is 0.539. The van der Waals surface area contributed by atoms with Crippen LogP contribution in [0.5, 0.6) is 11.5 Å². The molecule has 36 heavy (non-hydrogen) atoms. The summed E-state index contributed by atoms with van der Waals surface area (Å²) < 4.78 is 10.6. The van der Waals surface area contributed by atoms with Gasteiger partial charge < -0.3 is 29.5 Å². The van der Waals surface area contributed by atoms with Crippen LogP contribution in [0.4, 0.5) is 5.82 Å². The Kier molecular flexibility index (Phi) is 8.64. The van der Waals surface area contributed by atoms with Gasteiger partial charge in [-0.05, 0) is 42.3 Å². The maximum atomic E-state index is 12.8. The van der Waals surface area contributed by atoms with Crippen molar-refractivity contribution in [1.82, 2.24) is 20.1 Å². The largest absolute Gasteiger partial charge is 0.493 e. The SMILES string of the molecule is CCN1CCN(c2ccc(CNC(=O)C3CC(=O)N(CCc4ccc(OC)c(OC)c4)C3)cn2)CC1. The van der Waals surface area contributed by atoms with Gasteiger partial charge in [0.1, 0.15) is 5.82 Å². The molecule has 0 radical (unpaired) electrons. The van der Waals surface area contributed by atoms with Crippen LogP contribution in [0.3, 0.4) is 0 Å². The molecule has 0 spiro atoms. The Labute approximate surface area is 213 Å². The van der Waals surface area contributed by atoms with Crippen molar-refractivity contribution in [2.45, 2.75) is 26.3 Å². The highest BCUT2D eigenvalue weighted by atomic mass is 16.5. The van der Waals surface area contributed by atoms with Gasteiger partial charge in [-0.1, -0.05) is 19.1 Å². The van der Waals surface area contributed by atoms with E-state index in [1.807, 2.05) is 36.5 Å². The van der Waals surface area contributed by atoms with Gasteiger partial charge in [-0.15, -0.1) is 0 Å².